The predicted octanol–water partition coefficient (Wildman–Crippen LogP) is 3.24. The molecule has 0 aliphatic heterocycles. The van der Waals surface area contributed by atoms with Crippen LogP contribution in [0.15, 0.2) is 59.2 Å². The first-order valence-corrected chi connectivity index (χ1v) is 7.19. The quantitative estimate of drug-likeness (QED) is 0.756. The van der Waals surface area contributed by atoms with Crippen LogP contribution < -0.4 is 10.6 Å². The summed E-state index contributed by atoms with van der Waals surface area (Å²) in [5.41, 5.74) is 2.39. The van der Waals surface area contributed by atoms with Gasteiger partial charge in [-0.3, -0.25) is 4.79 Å². The minimum Gasteiger partial charge on any atom is -0.459 e. The maximum atomic E-state index is 11.8. The molecule has 0 saturated heterocycles. The smallest absolute Gasteiger partial charge is 0.292 e. The maximum Gasteiger partial charge on any atom is 0.292 e. The molecule has 6 nitrogen and oxygen atoms in total. The standard InChI is InChI=1S/C17H16N4O2/c1-12-4-6-13(7-5-12)11-18-15-8-9-16(21-20-15)19-17(22)14-3-2-10-23-14/h2-10H,11H2,1H3,(H,18,20)(H,19,21,22). The molecule has 0 atom stereocenters. The number of aromatic nitrogens is 2. The Morgan fingerprint density at radius 1 is 1.04 bits per heavy atom. The lowest BCUT2D eigenvalue weighted by Crippen LogP contribution is -2.13. The van der Waals surface area contributed by atoms with E-state index in [1.54, 1.807) is 24.3 Å². The van der Waals surface area contributed by atoms with Gasteiger partial charge in [-0.1, -0.05) is 29.8 Å². The molecule has 2 heterocycles. The second-order valence-electron chi connectivity index (χ2n) is 5.07. The van der Waals surface area contributed by atoms with E-state index in [1.807, 2.05) is 0 Å². The Morgan fingerprint density at radius 3 is 2.43 bits per heavy atom. The van der Waals surface area contributed by atoms with Crippen molar-refractivity contribution in [1.82, 2.24) is 10.2 Å². The number of nitrogens with one attached hydrogen (secondary N) is 2. The molecule has 3 aromatic rings. The summed E-state index contributed by atoms with van der Waals surface area (Å²) >= 11 is 0. The SMILES string of the molecule is Cc1ccc(CNc2ccc(NC(=O)c3ccco3)nn2)cc1. The van der Waals surface area contributed by atoms with Gasteiger partial charge >= 0.3 is 0 Å². The summed E-state index contributed by atoms with van der Waals surface area (Å²) in [4.78, 5) is 11.8. The Morgan fingerprint density at radius 2 is 1.78 bits per heavy atom. The number of hydrogen-bond acceptors (Lipinski definition) is 5. The van der Waals surface area contributed by atoms with E-state index in [2.05, 4.69) is 52.0 Å². The van der Waals surface area contributed by atoms with E-state index in [0.29, 0.717) is 18.2 Å². The van der Waals surface area contributed by atoms with Crippen LogP contribution in [0.25, 0.3) is 0 Å². The van der Waals surface area contributed by atoms with Crippen molar-refractivity contribution in [3.05, 3.63) is 71.7 Å². The lowest BCUT2D eigenvalue weighted by atomic mass is 10.1. The van der Waals surface area contributed by atoms with Gasteiger partial charge in [-0.05, 0) is 36.8 Å². The van der Waals surface area contributed by atoms with Crippen LogP contribution in [0.1, 0.15) is 21.7 Å². The number of hydrogen-bond donors (Lipinski definition) is 2. The number of anilines is 2. The molecule has 0 radical (unpaired) electrons. The molecule has 0 fully saturated rings. The maximum absolute atomic E-state index is 11.8. The third-order valence-corrected chi connectivity index (χ3v) is 3.25. The molecule has 116 valence electrons. The van der Waals surface area contributed by atoms with E-state index in [4.69, 9.17) is 4.42 Å². The van der Waals surface area contributed by atoms with Gasteiger partial charge in [0.15, 0.2) is 11.6 Å². The molecule has 0 aliphatic carbocycles. The molecule has 0 spiro atoms. The van der Waals surface area contributed by atoms with Gasteiger partial charge < -0.3 is 15.1 Å². The first-order chi connectivity index (χ1) is 11.2. The molecule has 2 N–H and O–H groups in total. The zero-order valence-electron chi connectivity index (χ0n) is 12.6. The van der Waals surface area contributed by atoms with E-state index in [9.17, 15) is 4.79 Å². The predicted molar refractivity (Wildman–Crippen MR) is 87.2 cm³/mol. The van der Waals surface area contributed by atoms with Crippen LogP contribution in [0.4, 0.5) is 11.6 Å². The number of carbonyl (C=O) groups is 1. The largest absolute Gasteiger partial charge is 0.459 e. The molecular formula is C17H16N4O2. The van der Waals surface area contributed by atoms with Crippen LogP contribution in [-0.4, -0.2) is 16.1 Å². The second-order valence-corrected chi connectivity index (χ2v) is 5.07. The number of benzene rings is 1. The van der Waals surface area contributed by atoms with E-state index in [0.717, 1.165) is 5.56 Å². The normalized spacial score (nSPS) is 10.3. The van der Waals surface area contributed by atoms with Crippen molar-refractivity contribution in [1.29, 1.82) is 0 Å². The van der Waals surface area contributed by atoms with Gasteiger partial charge in [-0.25, -0.2) is 0 Å². The molecule has 2 aromatic heterocycles. The summed E-state index contributed by atoms with van der Waals surface area (Å²) < 4.78 is 5.01. The van der Waals surface area contributed by atoms with Crippen LogP contribution in [-0.2, 0) is 6.54 Å². The minimum absolute atomic E-state index is 0.230. The lowest BCUT2D eigenvalue weighted by molar-refractivity contribution is 0.0996. The summed E-state index contributed by atoms with van der Waals surface area (Å²) in [5, 5.41) is 13.8. The van der Waals surface area contributed by atoms with Crippen LogP contribution in [0, 0.1) is 6.92 Å². The fraction of sp³-hybridized carbons (Fsp3) is 0.118. The number of furan rings is 1. The molecule has 6 heteroatoms. The summed E-state index contributed by atoms with van der Waals surface area (Å²) in [6.45, 7) is 2.71. The van der Waals surface area contributed by atoms with Crippen molar-refractivity contribution in [2.24, 2.45) is 0 Å². The number of amides is 1. The molecule has 0 saturated carbocycles. The molecule has 1 aromatic carbocycles. The fourth-order valence-corrected chi connectivity index (χ4v) is 1.98. The summed E-state index contributed by atoms with van der Waals surface area (Å²) in [7, 11) is 0. The van der Waals surface area contributed by atoms with Gasteiger partial charge in [0.25, 0.3) is 5.91 Å². The Labute approximate surface area is 133 Å². The summed E-state index contributed by atoms with van der Waals surface area (Å²) in [6, 6.07) is 14.9. The highest BCUT2D eigenvalue weighted by molar-refractivity contribution is 6.01. The van der Waals surface area contributed by atoms with Gasteiger partial charge in [-0.2, -0.15) is 0 Å². The Hall–Kier alpha value is -3.15. The van der Waals surface area contributed by atoms with E-state index in [-0.39, 0.29) is 11.7 Å². The van der Waals surface area contributed by atoms with Crippen LogP contribution in [0.3, 0.4) is 0 Å². The van der Waals surface area contributed by atoms with Crippen molar-refractivity contribution in [3.8, 4) is 0 Å². The average Bonchev–Trinajstić information content (AvgIpc) is 3.10. The number of nitrogens with zero attached hydrogens (tertiary/aromatic N) is 2. The number of carbonyl (C=O) groups excluding carboxylic acids is 1. The van der Waals surface area contributed by atoms with Crippen molar-refractivity contribution >= 4 is 17.5 Å². The van der Waals surface area contributed by atoms with Gasteiger partial charge in [-0.15, -0.1) is 10.2 Å². The zero-order chi connectivity index (χ0) is 16.1. The van der Waals surface area contributed by atoms with Crippen LogP contribution >= 0.6 is 0 Å². The average molecular weight is 308 g/mol. The number of rotatable bonds is 5. The summed E-state index contributed by atoms with van der Waals surface area (Å²) in [5.74, 6) is 0.881. The van der Waals surface area contributed by atoms with Crippen molar-refractivity contribution < 1.29 is 9.21 Å². The van der Waals surface area contributed by atoms with Gasteiger partial charge in [0.2, 0.25) is 0 Å². The molecule has 0 aliphatic rings. The molecular weight excluding hydrogens is 292 g/mol. The Kier molecular flexibility index (Phi) is 4.33. The van der Waals surface area contributed by atoms with E-state index < -0.39 is 0 Å². The Balaban J connectivity index is 1.56. The van der Waals surface area contributed by atoms with Crippen LogP contribution in [0.5, 0.6) is 0 Å². The lowest BCUT2D eigenvalue weighted by Gasteiger charge is -2.06. The minimum atomic E-state index is -0.357. The Bertz CT molecular complexity index is 765. The second kappa shape index (κ2) is 6.74. The first-order valence-electron chi connectivity index (χ1n) is 7.19. The summed E-state index contributed by atoms with van der Waals surface area (Å²) in [6.07, 6.45) is 1.44. The highest BCUT2D eigenvalue weighted by atomic mass is 16.3. The monoisotopic (exact) mass is 308 g/mol. The van der Waals surface area contributed by atoms with E-state index >= 15 is 0 Å². The molecule has 23 heavy (non-hydrogen) atoms. The topological polar surface area (TPSA) is 80.0 Å². The third-order valence-electron chi connectivity index (χ3n) is 3.25. The van der Waals surface area contributed by atoms with Gasteiger partial charge in [0.1, 0.15) is 5.82 Å². The van der Waals surface area contributed by atoms with E-state index in [1.165, 1.54) is 11.8 Å². The van der Waals surface area contributed by atoms with Crippen molar-refractivity contribution in [3.63, 3.8) is 0 Å². The first kappa shape index (κ1) is 14.8. The molecule has 3 rings (SSSR count). The zero-order valence-corrected chi connectivity index (χ0v) is 12.6. The molecule has 0 bridgehead atoms. The highest BCUT2D eigenvalue weighted by Gasteiger charge is 2.09. The fourth-order valence-electron chi connectivity index (χ4n) is 1.98. The van der Waals surface area contributed by atoms with Gasteiger partial charge in [0.05, 0.1) is 6.26 Å². The highest BCUT2D eigenvalue weighted by Crippen LogP contribution is 2.10. The molecule has 0 unspecified atom stereocenters. The molecule has 1 amide bonds. The van der Waals surface area contributed by atoms with Gasteiger partial charge in [0, 0.05) is 6.54 Å². The van der Waals surface area contributed by atoms with Crippen molar-refractivity contribution in [2.75, 3.05) is 10.6 Å². The number of aryl methyl sites for hydroxylation is 1. The third kappa shape index (κ3) is 3.94. The van der Waals surface area contributed by atoms with Crippen LogP contribution in [0.2, 0.25) is 0 Å². The van der Waals surface area contributed by atoms with Crippen molar-refractivity contribution in [2.45, 2.75) is 13.5 Å².